The van der Waals surface area contributed by atoms with Gasteiger partial charge in [0.05, 0.1) is 11.1 Å². The van der Waals surface area contributed by atoms with Crippen molar-refractivity contribution in [2.45, 2.75) is 6.18 Å². The summed E-state index contributed by atoms with van der Waals surface area (Å²) < 4.78 is 51.6. The molecule has 20 heavy (non-hydrogen) atoms. The van der Waals surface area contributed by atoms with Gasteiger partial charge in [0.15, 0.2) is 5.78 Å². The van der Waals surface area contributed by atoms with Crippen molar-refractivity contribution in [2.75, 3.05) is 0 Å². The van der Waals surface area contributed by atoms with E-state index < -0.39 is 28.9 Å². The van der Waals surface area contributed by atoms with Crippen LogP contribution in [0, 0.1) is 5.82 Å². The Kier molecular flexibility index (Phi) is 3.81. The third kappa shape index (κ3) is 2.82. The normalized spacial score (nSPS) is 11.4. The van der Waals surface area contributed by atoms with Gasteiger partial charge in [-0.3, -0.25) is 4.79 Å². The van der Waals surface area contributed by atoms with E-state index in [1.165, 1.54) is 24.3 Å². The van der Waals surface area contributed by atoms with E-state index in [-0.39, 0.29) is 5.56 Å². The van der Waals surface area contributed by atoms with Crippen LogP contribution in [0.1, 0.15) is 21.5 Å². The van der Waals surface area contributed by atoms with E-state index in [0.717, 1.165) is 12.1 Å². The Morgan fingerprint density at radius 1 is 1.00 bits per heavy atom. The Balaban J connectivity index is 2.48. The van der Waals surface area contributed by atoms with Crippen LogP contribution in [0.3, 0.4) is 0 Å². The number of hydrogen-bond acceptors (Lipinski definition) is 1. The molecule has 0 fully saturated rings. The smallest absolute Gasteiger partial charge is 0.288 e. The fraction of sp³-hybridized carbons (Fsp3) is 0.0714. The van der Waals surface area contributed by atoms with Gasteiger partial charge >= 0.3 is 6.18 Å². The van der Waals surface area contributed by atoms with Crippen LogP contribution >= 0.6 is 11.6 Å². The van der Waals surface area contributed by atoms with Crippen LogP contribution in [-0.4, -0.2) is 5.78 Å². The van der Waals surface area contributed by atoms with Crippen molar-refractivity contribution < 1.29 is 22.4 Å². The zero-order chi connectivity index (χ0) is 14.9. The SMILES string of the molecule is O=C(c1ccc(Cl)cc1)c1cccc(C(F)(F)F)c1F. The highest BCUT2D eigenvalue weighted by atomic mass is 35.5. The summed E-state index contributed by atoms with van der Waals surface area (Å²) in [5.41, 5.74) is -2.02. The first kappa shape index (κ1) is 14.5. The number of benzene rings is 2. The second kappa shape index (κ2) is 5.25. The standard InChI is InChI=1S/C14H7ClF4O/c15-9-6-4-8(5-7-9)13(20)10-2-1-3-11(12(10)16)14(17,18)19/h1-7H. The molecule has 0 saturated carbocycles. The number of hydrogen-bond donors (Lipinski definition) is 0. The van der Waals surface area contributed by atoms with Gasteiger partial charge in [-0.15, -0.1) is 0 Å². The van der Waals surface area contributed by atoms with E-state index in [0.29, 0.717) is 11.1 Å². The van der Waals surface area contributed by atoms with Gasteiger partial charge in [0.25, 0.3) is 0 Å². The fourth-order valence-electron chi connectivity index (χ4n) is 1.68. The van der Waals surface area contributed by atoms with Gasteiger partial charge in [-0.2, -0.15) is 13.2 Å². The van der Waals surface area contributed by atoms with Crippen molar-refractivity contribution in [3.8, 4) is 0 Å². The molecule has 0 N–H and O–H groups in total. The number of halogens is 5. The number of ketones is 1. The monoisotopic (exact) mass is 302 g/mol. The van der Waals surface area contributed by atoms with Crippen LogP contribution in [0.25, 0.3) is 0 Å². The highest BCUT2D eigenvalue weighted by Crippen LogP contribution is 2.32. The maximum Gasteiger partial charge on any atom is 0.419 e. The molecule has 0 spiro atoms. The first-order valence-corrected chi connectivity index (χ1v) is 5.84. The fourth-order valence-corrected chi connectivity index (χ4v) is 1.81. The summed E-state index contributed by atoms with van der Waals surface area (Å²) in [6.07, 6.45) is -4.85. The molecule has 0 aliphatic carbocycles. The van der Waals surface area contributed by atoms with Gasteiger partial charge in [-0.25, -0.2) is 4.39 Å². The van der Waals surface area contributed by atoms with Crippen LogP contribution in [0.2, 0.25) is 5.02 Å². The van der Waals surface area contributed by atoms with Gasteiger partial charge < -0.3 is 0 Å². The molecule has 2 rings (SSSR count). The highest BCUT2D eigenvalue weighted by Gasteiger charge is 2.35. The second-order valence-electron chi connectivity index (χ2n) is 4.00. The highest BCUT2D eigenvalue weighted by molar-refractivity contribution is 6.30. The molecule has 0 atom stereocenters. The minimum Gasteiger partial charge on any atom is -0.288 e. The van der Waals surface area contributed by atoms with Crippen molar-refractivity contribution in [2.24, 2.45) is 0 Å². The van der Waals surface area contributed by atoms with Crippen LogP contribution in [0.4, 0.5) is 17.6 Å². The molecule has 104 valence electrons. The number of alkyl halides is 3. The Bertz CT molecular complexity index is 647. The summed E-state index contributed by atoms with van der Waals surface area (Å²) in [6, 6.07) is 8.06. The molecule has 0 aliphatic heterocycles. The molecule has 0 bridgehead atoms. The third-order valence-corrected chi connectivity index (χ3v) is 2.91. The van der Waals surface area contributed by atoms with Gasteiger partial charge in [-0.05, 0) is 36.4 Å². The summed E-state index contributed by atoms with van der Waals surface area (Å²) in [6.45, 7) is 0. The Hall–Kier alpha value is -1.88. The van der Waals surface area contributed by atoms with Crippen LogP contribution in [0.5, 0.6) is 0 Å². The van der Waals surface area contributed by atoms with Crippen molar-refractivity contribution in [3.05, 3.63) is 70.0 Å². The maximum absolute atomic E-state index is 13.8. The van der Waals surface area contributed by atoms with Crippen molar-refractivity contribution in [1.29, 1.82) is 0 Å². The van der Waals surface area contributed by atoms with Crippen LogP contribution in [0.15, 0.2) is 42.5 Å². The predicted octanol–water partition coefficient (Wildman–Crippen LogP) is 4.73. The van der Waals surface area contributed by atoms with E-state index in [9.17, 15) is 22.4 Å². The Morgan fingerprint density at radius 2 is 1.60 bits per heavy atom. The molecule has 0 unspecified atom stereocenters. The predicted molar refractivity (Wildman–Crippen MR) is 66.3 cm³/mol. The van der Waals surface area contributed by atoms with Gasteiger partial charge in [0.1, 0.15) is 5.82 Å². The first-order chi connectivity index (χ1) is 9.30. The molecule has 1 nitrogen and oxygen atoms in total. The minimum absolute atomic E-state index is 0.0626. The summed E-state index contributed by atoms with van der Waals surface area (Å²) in [5, 5.41) is 0.367. The van der Waals surface area contributed by atoms with E-state index in [4.69, 9.17) is 11.6 Å². The molecule has 0 aliphatic rings. The molecular formula is C14H7ClF4O. The molecule has 0 amide bonds. The zero-order valence-corrected chi connectivity index (χ0v) is 10.6. The third-order valence-electron chi connectivity index (χ3n) is 2.66. The summed E-state index contributed by atoms with van der Waals surface area (Å²) in [4.78, 5) is 12.0. The zero-order valence-electron chi connectivity index (χ0n) is 9.84. The van der Waals surface area contributed by atoms with Crippen molar-refractivity contribution in [1.82, 2.24) is 0 Å². The molecule has 2 aromatic rings. The minimum atomic E-state index is -4.85. The molecule has 0 radical (unpaired) electrons. The molecule has 0 saturated heterocycles. The largest absolute Gasteiger partial charge is 0.419 e. The first-order valence-electron chi connectivity index (χ1n) is 5.46. The van der Waals surface area contributed by atoms with Crippen LogP contribution in [-0.2, 0) is 6.18 Å². The lowest BCUT2D eigenvalue weighted by atomic mass is 10.0. The van der Waals surface area contributed by atoms with E-state index in [1.54, 1.807) is 0 Å². The van der Waals surface area contributed by atoms with Gasteiger partial charge in [-0.1, -0.05) is 17.7 Å². The summed E-state index contributed by atoms with van der Waals surface area (Å²) in [7, 11) is 0. The molecule has 0 aromatic heterocycles. The lowest BCUT2D eigenvalue weighted by Crippen LogP contribution is -2.13. The van der Waals surface area contributed by atoms with E-state index in [1.807, 2.05) is 0 Å². The van der Waals surface area contributed by atoms with Crippen molar-refractivity contribution >= 4 is 17.4 Å². The van der Waals surface area contributed by atoms with Gasteiger partial charge in [0.2, 0.25) is 0 Å². The number of rotatable bonds is 2. The molecule has 6 heteroatoms. The summed E-state index contributed by atoms with van der Waals surface area (Å²) in [5.74, 6) is -2.40. The quantitative estimate of drug-likeness (QED) is 0.579. The lowest BCUT2D eigenvalue weighted by molar-refractivity contribution is -0.140. The maximum atomic E-state index is 13.8. The van der Waals surface area contributed by atoms with Crippen LogP contribution < -0.4 is 0 Å². The molecule has 2 aromatic carbocycles. The molecule has 0 heterocycles. The Labute approximate surface area is 116 Å². The number of carbonyl (C=O) groups is 1. The topological polar surface area (TPSA) is 17.1 Å². The van der Waals surface area contributed by atoms with E-state index in [2.05, 4.69) is 0 Å². The average molecular weight is 303 g/mol. The van der Waals surface area contributed by atoms with Gasteiger partial charge in [0, 0.05) is 10.6 Å². The van der Waals surface area contributed by atoms with E-state index >= 15 is 0 Å². The Morgan fingerprint density at radius 3 is 2.15 bits per heavy atom. The summed E-state index contributed by atoms with van der Waals surface area (Å²) >= 11 is 5.64. The lowest BCUT2D eigenvalue weighted by Gasteiger charge is -2.10. The second-order valence-corrected chi connectivity index (χ2v) is 4.44. The molecular weight excluding hydrogens is 296 g/mol. The number of carbonyl (C=O) groups excluding carboxylic acids is 1. The average Bonchev–Trinajstić information content (AvgIpc) is 2.37. The van der Waals surface area contributed by atoms with Crippen molar-refractivity contribution in [3.63, 3.8) is 0 Å².